The Balaban J connectivity index is 1.77. The zero-order chi connectivity index (χ0) is 16.2. The lowest BCUT2D eigenvalue weighted by Crippen LogP contribution is -2.37. The summed E-state index contributed by atoms with van der Waals surface area (Å²) in [5.74, 6) is -0.0684. The van der Waals surface area contributed by atoms with Gasteiger partial charge in [-0.15, -0.1) is 0 Å². The molecule has 0 aliphatic heterocycles. The molecule has 3 rings (SSSR count). The van der Waals surface area contributed by atoms with Gasteiger partial charge in [0.15, 0.2) is 0 Å². The van der Waals surface area contributed by atoms with Crippen LogP contribution in [0.4, 0.5) is 0 Å². The minimum absolute atomic E-state index is 0.0355. The van der Waals surface area contributed by atoms with E-state index in [2.05, 4.69) is 27.2 Å². The molecule has 0 bridgehead atoms. The van der Waals surface area contributed by atoms with Crippen molar-refractivity contribution < 1.29 is 9.53 Å². The summed E-state index contributed by atoms with van der Waals surface area (Å²) in [5.41, 5.74) is 3.61. The van der Waals surface area contributed by atoms with E-state index in [0.717, 1.165) is 31.4 Å². The standard InChI is InChI=1S/C18H23N3O2/c1-13(23-2)18(22)20-16-9-6-10-17-15(16)11-19-21(17)12-14-7-4-3-5-8-14/h3-5,7-8,11,13,16H,6,9-10,12H2,1-2H3,(H,20,22)/t13-,16-/m0/s1. The van der Waals surface area contributed by atoms with Crippen LogP contribution in [0.2, 0.25) is 0 Å². The second-order valence-corrected chi connectivity index (χ2v) is 6.02. The second-order valence-electron chi connectivity index (χ2n) is 6.02. The maximum absolute atomic E-state index is 12.1. The average molecular weight is 313 g/mol. The largest absolute Gasteiger partial charge is 0.372 e. The topological polar surface area (TPSA) is 56.1 Å². The zero-order valence-corrected chi connectivity index (χ0v) is 13.7. The number of hydrogen-bond donors (Lipinski definition) is 1. The summed E-state index contributed by atoms with van der Waals surface area (Å²) in [6.45, 7) is 2.53. The first kappa shape index (κ1) is 15.7. The van der Waals surface area contributed by atoms with Crippen LogP contribution in [0.1, 0.15) is 42.6 Å². The third kappa shape index (κ3) is 3.45. The molecule has 0 saturated carbocycles. The molecule has 0 spiro atoms. The van der Waals surface area contributed by atoms with Gasteiger partial charge in [-0.1, -0.05) is 30.3 Å². The first-order chi connectivity index (χ1) is 11.2. The van der Waals surface area contributed by atoms with Crippen LogP contribution in [-0.4, -0.2) is 28.9 Å². The van der Waals surface area contributed by atoms with Crippen molar-refractivity contribution in [3.63, 3.8) is 0 Å². The summed E-state index contributed by atoms with van der Waals surface area (Å²) in [5, 5.41) is 7.64. The molecule has 0 unspecified atom stereocenters. The molecule has 1 aliphatic rings. The third-order valence-electron chi connectivity index (χ3n) is 4.48. The second kappa shape index (κ2) is 6.96. The van der Waals surface area contributed by atoms with Crippen LogP contribution >= 0.6 is 0 Å². The number of ether oxygens (including phenoxy) is 1. The predicted octanol–water partition coefficient (Wildman–Crippen LogP) is 2.46. The Morgan fingerprint density at radius 3 is 2.96 bits per heavy atom. The number of methoxy groups -OCH3 is 1. The summed E-state index contributed by atoms with van der Waals surface area (Å²) in [6, 6.07) is 10.4. The predicted molar refractivity (Wildman–Crippen MR) is 88.1 cm³/mol. The Hall–Kier alpha value is -2.14. The molecule has 1 heterocycles. The van der Waals surface area contributed by atoms with Gasteiger partial charge in [-0.3, -0.25) is 9.48 Å². The van der Waals surface area contributed by atoms with Crippen molar-refractivity contribution in [2.45, 2.75) is 44.9 Å². The Morgan fingerprint density at radius 1 is 1.43 bits per heavy atom. The Bertz CT molecular complexity index is 666. The molecular formula is C18H23N3O2. The van der Waals surface area contributed by atoms with Gasteiger partial charge in [-0.25, -0.2) is 0 Å². The first-order valence-corrected chi connectivity index (χ1v) is 8.10. The number of fused-ring (bicyclic) bond motifs is 1. The lowest BCUT2D eigenvalue weighted by molar-refractivity contribution is -0.130. The SMILES string of the molecule is CO[C@@H](C)C(=O)N[C@H]1CCCc2c1cnn2Cc1ccccc1. The number of rotatable bonds is 5. The van der Waals surface area contributed by atoms with Crippen molar-refractivity contribution in [3.8, 4) is 0 Å². The van der Waals surface area contributed by atoms with Crippen LogP contribution in [0.15, 0.2) is 36.5 Å². The van der Waals surface area contributed by atoms with Gasteiger partial charge in [0.1, 0.15) is 6.10 Å². The zero-order valence-electron chi connectivity index (χ0n) is 13.7. The van der Waals surface area contributed by atoms with Crippen molar-refractivity contribution in [3.05, 3.63) is 53.3 Å². The van der Waals surface area contributed by atoms with Gasteiger partial charge in [0.2, 0.25) is 5.91 Å². The fraction of sp³-hybridized carbons (Fsp3) is 0.444. The smallest absolute Gasteiger partial charge is 0.249 e. The van der Waals surface area contributed by atoms with Crippen molar-refractivity contribution >= 4 is 5.91 Å². The van der Waals surface area contributed by atoms with Crippen molar-refractivity contribution in [2.75, 3.05) is 7.11 Å². The summed E-state index contributed by atoms with van der Waals surface area (Å²) >= 11 is 0. The molecule has 2 atom stereocenters. The number of benzene rings is 1. The van der Waals surface area contributed by atoms with Crippen LogP contribution in [0.3, 0.4) is 0 Å². The number of carbonyl (C=O) groups is 1. The molecule has 23 heavy (non-hydrogen) atoms. The Kier molecular flexibility index (Phi) is 4.76. The number of carbonyl (C=O) groups excluding carboxylic acids is 1. The normalized spacial score (nSPS) is 18.3. The highest BCUT2D eigenvalue weighted by atomic mass is 16.5. The Labute approximate surface area is 136 Å². The van der Waals surface area contributed by atoms with Crippen molar-refractivity contribution in [2.24, 2.45) is 0 Å². The van der Waals surface area contributed by atoms with Gasteiger partial charge in [-0.05, 0) is 31.7 Å². The van der Waals surface area contributed by atoms with E-state index >= 15 is 0 Å². The van der Waals surface area contributed by atoms with Gasteiger partial charge in [-0.2, -0.15) is 5.10 Å². The molecule has 5 nitrogen and oxygen atoms in total. The van der Waals surface area contributed by atoms with Gasteiger partial charge in [0.25, 0.3) is 0 Å². The molecule has 1 aromatic carbocycles. The molecule has 0 fully saturated rings. The molecule has 0 radical (unpaired) electrons. The van der Waals surface area contributed by atoms with E-state index in [9.17, 15) is 4.79 Å². The summed E-state index contributed by atoms with van der Waals surface area (Å²) < 4.78 is 7.15. The van der Waals surface area contributed by atoms with Crippen molar-refractivity contribution in [1.29, 1.82) is 0 Å². The lowest BCUT2D eigenvalue weighted by Gasteiger charge is -2.25. The fourth-order valence-electron chi connectivity index (χ4n) is 3.06. The molecule has 1 amide bonds. The number of amides is 1. The number of hydrogen-bond acceptors (Lipinski definition) is 3. The highest BCUT2D eigenvalue weighted by Crippen LogP contribution is 2.30. The minimum atomic E-state index is -0.431. The lowest BCUT2D eigenvalue weighted by atomic mass is 9.92. The van der Waals surface area contributed by atoms with E-state index in [4.69, 9.17) is 4.74 Å². The summed E-state index contributed by atoms with van der Waals surface area (Å²) in [6.07, 6.45) is 4.49. The van der Waals surface area contributed by atoms with Crippen LogP contribution in [0.5, 0.6) is 0 Å². The minimum Gasteiger partial charge on any atom is -0.372 e. The van der Waals surface area contributed by atoms with E-state index in [1.54, 1.807) is 14.0 Å². The van der Waals surface area contributed by atoms with E-state index in [-0.39, 0.29) is 11.9 Å². The average Bonchev–Trinajstić information content (AvgIpc) is 2.99. The first-order valence-electron chi connectivity index (χ1n) is 8.10. The monoisotopic (exact) mass is 313 g/mol. The van der Waals surface area contributed by atoms with Crippen LogP contribution in [0, 0.1) is 0 Å². The van der Waals surface area contributed by atoms with E-state index in [1.807, 2.05) is 24.4 Å². The molecule has 1 aromatic heterocycles. The third-order valence-corrected chi connectivity index (χ3v) is 4.48. The Morgan fingerprint density at radius 2 is 2.22 bits per heavy atom. The van der Waals surface area contributed by atoms with Crippen LogP contribution in [0.25, 0.3) is 0 Å². The molecule has 2 aromatic rings. The number of nitrogens with zero attached hydrogens (tertiary/aromatic N) is 2. The van der Waals surface area contributed by atoms with E-state index in [0.29, 0.717) is 0 Å². The molecule has 1 N–H and O–H groups in total. The highest BCUT2D eigenvalue weighted by molar-refractivity contribution is 5.80. The van der Waals surface area contributed by atoms with Gasteiger partial charge in [0, 0.05) is 18.4 Å². The molecule has 1 aliphatic carbocycles. The van der Waals surface area contributed by atoms with Crippen LogP contribution < -0.4 is 5.32 Å². The summed E-state index contributed by atoms with van der Waals surface area (Å²) in [7, 11) is 1.55. The van der Waals surface area contributed by atoms with Crippen LogP contribution in [-0.2, 0) is 22.5 Å². The number of nitrogens with one attached hydrogen (secondary N) is 1. The maximum atomic E-state index is 12.1. The highest BCUT2D eigenvalue weighted by Gasteiger charge is 2.26. The van der Waals surface area contributed by atoms with Gasteiger partial charge < -0.3 is 10.1 Å². The summed E-state index contributed by atoms with van der Waals surface area (Å²) in [4.78, 5) is 12.1. The van der Waals surface area contributed by atoms with E-state index in [1.165, 1.54) is 11.3 Å². The fourth-order valence-corrected chi connectivity index (χ4v) is 3.06. The molecule has 5 heteroatoms. The quantitative estimate of drug-likeness (QED) is 0.922. The maximum Gasteiger partial charge on any atom is 0.249 e. The molecular weight excluding hydrogens is 290 g/mol. The number of aromatic nitrogens is 2. The van der Waals surface area contributed by atoms with E-state index < -0.39 is 6.10 Å². The molecule has 122 valence electrons. The molecule has 0 saturated heterocycles. The van der Waals surface area contributed by atoms with Gasteiger partial charge in [0.05, 0.1) is 18.8 Å². The van der Waals surface area contributed by atoms with Gasteiger partial charge >= 0.3 is 0 Å². The van der Waals surface area contributed by atoms with Crippen molar-refractivity contribution in [1.82, 2.24) is 15.1 Å².